The molecule has 0 atom stereocenters. The Bertz CT molecular complexity index is 649. The summed E-state index contributed by atoms with van der Waals surface area (Å²) >= 11 is 1.25. The number of nitrogens with two attached hydrogens (primary N) is 1. The summed E-state index contributed by atoms with van der Waals surface area (Å²) in [4.78, 5) is 12.5. The average molecular weight is 292 g/mol. The molecule has 5 heteroatoms. The summed E-state index contributed by atoms with van der Waals surface area (Å²) in [7, 11) is 0. The third-order valence-electron chi connectivity index (χ3n) is 3.68. The molecule has 1 aromatic heterocycles. The molecule has 1 heterocycles. The highest BCUT2D eigenvalue weighted by Crippen LogP contribution is 2.35. The molecule has 3 rings (SSSR count). The van der Waals surface area contributed by atoms with Gasteiger partial charge in [-0.2, -0.15) is 0 Å². The van der Waals surface area contributed by atoms with Gasteiger partial charge in [0.15, 0.2) is 0 Å². The minimum absolute atomic E-state index is 0.195. The number of carbonyl (C=O) groups is 1. The molecule has 20 heavy (non-hydrogen) atoms. The minimum Gasteiger partial charge on any atom is -0.397 e. The van der Waals surface area contributed by atoms with Gasteiger partial charge < -0.3 is 11.1 Å². The predicted molar refractivity (Wildman–Crippen MR) is 80.5 cm³/mol. The van der Waals surface area contributed by atoms with Crippen LogP contribution in [0, 0.1) is 11.7 Å². The first-order valence-electron chi connectivity index (χ1n) is 6.91. The lowest BCUT2D eigenvalue weighted by atomic mass is 10.2. The first kappa shape index (κ1) is 13.4. The second kappa shape index (κ2) is 5.40. The zero-order chi connectivity index (χ0) is 14.1. The number of halogens is 1. The van der Waals surface area contributed by atoms with E-state index in [1.165, 1.54) is 36.7 Å². The maximum Gasteiger partial charge on any atom is 0.263 e. The Morgan fingerprint density at radius 2 is 2.25 bits per heavy atom. The van der Waals surface area contributed by atoms with Gasteiger partial charge in [-0.25, -0.2) is 4.39 Å². The molecule has 0 bridgehead atoms. The fraction of sp³-hybridized carbons (Fsp3) is 0.400. The van der Waals surface area contributed by atoms with Crippen molar-refractivity contribution in [1.82, 2.24) is 5.32 Å². The highest BCUT2D eigenvalue weighted by atomic mass is 32.1. The number of thiophene rings is 1. The molecule has 2 aromatic rings. The monoisotopic (exact) mass is 292 g/mol. The zero-order valence-electron chi connectivity index (χ0n) is 11.1. The first-order chi connectivity index (χ1) is 9.66. The molecule has 0 unspecified atom stereocenters. The lowest BCUT2D eigenvalue weighted by molar-refractivity contribution is 0.0957. The highest BCUT2D eigenvalue weighted by Gasteiger charge is 2.21. The molecular weight excluding hydrogens is 275 g/mol. The van der Waals surface area contributed by atoms with Crippen molar-refractivity contribution in [2.75, 3.05) is 12.3 Å². The number of rotatable bonds is 5. The standard InChI is InChI=1S/C15H17FN2OS/c16-10-4-1-5-11-12(10)13(17)14(20-11)15(19)18-8-2-3-9-6-7-9/h1,4-5,9H,2-3,6-8,17H2,(H,18,19). The number of benzene rings is 1. The van der Waals surface area contributed by atoms with Crippen LogP contribution in [0.1, 0.15) is 35.4 Å². The molecule has 1 aromatic carbocycles. The van der Waals surface area contributed by atoms with Gasteiger partial charge in [0.1, 0.15) is 10.7 Å². The number of anilines is 1. The van der Waals surface area contributed by atoms with Crippen LogP contribution >= 0.6 is 11.3 Å². The number of nitrogen functional groups attached to an aromatic ring is 1. The molecule has 1 amide bonds. The normalized spacial score (nSPS) is 14.7. The van der Waals surface area contributed by atoms with E-state index in [-0.39, 0.29) is 17.4 Å². The van der Waals surface area contributed by atoms with Gasteiger partial charge in [0.25, 0.3) is 5.91 Å². The second-order valence-electron chi connectivity index (χ2n) is 5.30. The van der Waals surface area contributed by atoms with Gasteiger partial charge in [0.2, 0.25) is 0 Å². The van der Waals surface area contributed by atoms with Crippen molar-refractivity contribution in [1.29, 1.82) is 0 Å². The van der Waals surface area contributed by atoms with Crippen LogP contribution in [0.15, 0.2) is 18.2 Å². The molecule has 1 aliphatic carbocycles. The van der Waals surface area contributed by atoms with E-state index in [1.807, 2.05) is 0 Å². The van der Waals surface area contributed by atoms with Crippen molar-refractivity contribution >= 4 is 33.0 Å². The van der Waals surface area contributed by atoms with Gasteiger partial charge in [-0.15, -0.1) is 11.3 Å². The van der Waals surface area contributed by atoms with Crippen LogP contribution in [-0.4, -0.2) is 12.5 Å². The zero-order valence-corrected chi connectivity index (χ0v) is 11.9. The average Bonchev–Trinajstić information content (AvgIpc) is 3.18. The Hall–Kier alpha value is -1.62. The van der Waals surface area contributed by atoms with Crippen molar-refractivity contribution in [2.24, 2.45) is 5.92 Å². The van der Waals surface area contributed by atoms with Crippen LogP contribution in [0.5, 0.6) is 0 Å². The summed E-state index contributed by atoms with van der Waals surface area (Å²) in [6, 6.07) is 4.77. The first-order valence-corrected chi connectivity index (χ1v) is 7.73. The van der Waals surface area contributed by atoms with Crippen LogP contribution in [0.2, 0.25) is 0 Å². The molecule has 106 valence electrons. The predicted octanol–water partition coefficient (Wildman–Crippen LogP) is 3.54. The number of hydrogen-bond acceptors (Lipinski definition) is 3. The largest absolute Gasteiger partial charge is 0.397 e. The quantitative estimate of drug-likeness (QED) is 0.828. The van der Waals surface area contributed by atoms with Gasteiger partial charge in [-0.1, -0.05) is 18.9 Å². The Labute approximate surface area is 121 Å². The number of amides is 1. The maximum absolute atomic E-state index is 13.7. The van der Waals surface area contributed by atoms with Gasteiger partial charge in [0.05, 0.1) is 11.1 Å². The fourth-order valence-electron chi connectivity index (χ4n) is 2.38. The Balaban J connectivity index is 1.70. The molecule has 3 nitrogen and oxygen atoms in total. The van der Waals surface area contributed by atoms with Crippen molar-refractivity contribution in [3.8, 4) is 0 Å². The lowest BCUT2D eigenvalue weighted by Crippen LogP contribution is -2.24. The van der Waals surface area contributed by atoms with Crippen molar-refractivity contribution in [3.05, 3.63) is 28.9 Å². The number of fused-ring (bicyclic) bond motifs is 1. The summed E-state index contributed by atoms with van der Waals surface area (Å²) in [6.45, 7) is 0.658. The van der Waals surface area contributed by atoms with Crippen molar-refractivity contribution < 1.29 is 9.18 Å². The maximum atomic E-state index is 13.7. The molecule has 0 radical (unpaired) electrons. The van der Waals surface area contributed by atoms with Crippen LogP contribution < -0.4 is 11.1 Å². The highest BCUT2D eigenvalue weighted by molar-refractivity contribution is 7.21. The Kier molecular flexibility index (Phi) is 3.61. The van der Waals surface area contributed by atoms with E-state index in [2.05, 4.69) is 5.32 Å². The molecule has 0 aliphatic heterocycles. The molecule has 0 saturated heterocycles. The molecular formula is C15H17FN2OS. The summed E-state index contributed by atoms with van der Waals surface area (Å²) in [6.07, 6.45) is 4.83. The van der Waals surface area contributed by atoms with Crippen LogP contribution in [0.25, 0.3) is 10.1 Å². The summed E-state index contributed by atoms with van der Waals surface area (Å²) in [5.74, 6) is 0.304. The topological polar surface area (TPSA) is 55.1 Å². The summed E-state index contributed by atoms with van der Waals surface area (Å²) in [5, 5.41) is 3.23. The van der Waals surface area contributed by atoms with E-state index in [0.717, 1.165) is 12.3 Å². The van der Waals surface area contributed by atoms with E-state index >= 15 is 0 Å². The lowest BCUT2D eigenvalue weighted by Gasteiger charge is -2.03. The molecule has 1 saturated carbocycles. The van der Waals surface area contributed by atoms with Gasteiger partial charge in [-0.3, -0.25) is 4.79 Å². The van der Waals surface area contributed by atoms with E-state index in [0.29, 0.717) is 21.5 Å². The van der Waals surface area contributed by atoms with Crippen LogP contribution in [-0.2, 0) is 0 Å². The molecule has 1 fully saturated rings. The van der Waals surface area contributed by atoms with E-state index < -0.39 is 0 Å². The number of hydrogen-bond donors (Lipinski definition) is 2. The summed E-state index contributed by atoms with van der Waals surface area (Å²) in [5.41, 5.74) is 6.17. The van der Waals surface area contributed by atoms with Crippen LogP contribution in [0.4, 0.5) is 10.1 Å². The third-order valence-corrected chi connectivity index (χ3v) is 4.85. The number of carbonyl (C=O) groups excluding carboxylic acids is 1. The van der Waals surface area contributed by atoms with E-state index in [9.17, 15) is 9.18 Å². The third kappa shape index (κ3) is 2.63. The molecule has 3 N–H and O–H groups in total. The van der Waals surface area contributed by atoms with E-state index in [4.69, 9.17) is 5.73 Å². The van der Waals surface area contributed by atoms with Crippen LogP contribution in [0.3, 0.4) is 0 Å². The van der Waals surface area contributed by atoms with Gasteiger partial charge >= 0.3 is 0 Å². The Morgan fingerprint density at radius 3 is 2.95 bits per heavy atom. The molecule has 1 aliphatic rings. The Morgan fingerprint density at radius 1 is 1.45 bits per heavy atom. The summed E-state index contributed by atoms with van der Waals surface area (Å²) < 4.78 is 14.4. The van der Waals surface area contributed by atoms with Crippen molar-refractivity contribution in [3.63, 3.8) is 0 Å². The van der Waals surface area contributed by atoms with Gasteiger partial charge in [-0.05, 0) is 30.9 Å². The minimum atomic E-state index is -0.371. The number of nitrogens with one attached hydrogen (secondary N) is 1. The van der Waals surface area contributed by atoms with Gasteiger partial charge in [0, 0.05) is 11.2 Å². The molecule has 0 spiro atoms. The SMILES string of the molecule is Nc1c(C(=O)NCCCC2CC2)sc2cccc(F)c12. The van der Waals surface area contributed by atoms with E-state index in [1.54, 1.807) is 12.1 Å². The smallest absolute Gasteiger partial charge is 0.263 e. The fourth-order valence-corrected chi connectivity index (χ4v) is 3.43. The second-order valence-corrected chi connectivity index (χ2v) is 6.35. The van der Waals surface area contributed by atoms with Crippen molar-refractivity contribution in [2.45, 2.75) is 25.7 Å².